The third kappa shape index (κ3) is 3.20. The van der Waals surface area contributed by atoms with Gasteiger partial charge in [-0.2, -0.15) is 0 Å². The Morgan fingerprint density at radius 2 is 2.15 bits per heavy atom. The molecule has 0 fully saturated rings. The molecule has 20 heavy (non-hydrogen) atoms. The van der Waals surface area contributed by atoms with Crippen molar-refractivity contribution < 1.29 is 4.74 Å². The van der Waals surface area contributed by atoms with Crippen LogP contribution >= 0.6 is 0 Å². The average molecular weight is 273 g/mol. The van der Waals surface area contributed by atoms with Gasteiger partial charge in [0.2, 0.25) is 0 Å². The number of rotatable bonds is 7. The first-order valence-electron chi connectivity index (χ1n) is 7.10. The summed E-state index contributed by atoms with van der Waals surface area (Å²) in [6.07, 6.45) is 6.04. The summed E-state index contributed by atoms with van der Waals surface area (Å²) in [6, 6.07) is 8.35. The fourth-order valence-corrected chi connectivity index (χ4v) is 2.45. The van der Waals surface area contributed by atoms with E-state index in [1.54, 1.807) is 7.11 Å². The summed E-state index contributed by atoms with van der Waals surface area (Å²) in [7, 11) is 3.69. The molecule has 0 aliphatic heterocycles. The number of ether oxygens (including phenoxy) is 1. The highest BCUT2D eigenvalue weighted by Crippen LogP contribution is 2.26. The lowest BCUT2D eigenvalue weighted by atomic mass is 10.1. The van der Waals surface area contributed by atoms with Crippen LogP contribution in [0.5, 0.6) is 5.75 Å². The number of nitrogens with zero attached hydrogens (tertiary/aromatic N) is 2. The Labute approximate surface area is 120 Å². The molecular formula is C16H23N3O. The van der Waals surface area contributed by atoms with Crippen LogP contribution in [0, 0.1) is 0 Å². The fraction of sp³-hybridized carbons (Fsp3) is 0.438. The van der Waals surface area contributed by atoms with Crippen LogP contribution < -0.4 is 10.1 Å². The van der Waals surface area contributed by atoms with Gasteiger partial charge in [-0.25, -0.2) is 4.98 Å². The largest absolute Gasteiger partial charge is 0.496 e. The van der Waals surface area contributed by atoms with Crippen molar-refractivity contribution in [3.05, 3.63) is 48.0 Å². The SMILES string of the molecule is CCCc1nccn1CC(NC)c1ccccc1OC. The molecule has 108 valence electrons. The number of aryl methyl sites for hydroxylation is 1. The lowest BCUT2D eigenvalue weighted by molar-refractivity contribution is 0.393. The molecule has 0 saturated carbocycles. The number of aromatic nitrogens is 2. The molecule has 0 saturated heterocycles. The van der Waals surface area contributed by atoms with E-state index < -0.39 is 0 Å². The highest BCUT2D eigenvalue weighted by Gasteiger charge is 2.15. The summed E-state index contributed by atoms with van der Waals surface area (Å²) in [4.78, 5) is 4.43. The quantitative estimate of drug-likeness (QED) is 0.843. The van der Waals surface area contributed by atoms with Gasteiger partial charge in [-0.1, -0.05) is 25.1 Å². The molecule has 0 bridgehead atoms. The molecule has 2 aromatic rings. The first-order valence-corrected chi connectivity index (χ1v) is 7.10. The normalized spacial score (nSPS) is 12.3. The Balaban J connectivity index is 2.22. The Bertz CT molecular complexity index is 536. The zero-order valence-electron chi connectivity index (χ0n) is 12.5. The standard InChI is InChI=1S/C16H23N3O/c1-4-7-16-18-10-11-19(16)12-14(17-2)13-8-5-6-9-15(13)20-3/h5-6,8-11,14,17H,4,7,12H2,1-3H3. The van der Waals surface area contributed by atoms with Crippen molar-refractivity contribution in [3.8, 4) is 5.75 Å². The van der Waals surface area contributed by atoms with Crippen LogP contribution in [0.25, 0.3) is 0 Å². The molecule has 1 N–H and O–H groups in total. The maximum atomic E-state index is 5.46. The van der Waals surface area contributed by atoms with Gasteiger partial charge in [-0.15, -0.1) is 0 Å². The monoisotopic (exact) mass is 273 g/mol. The number of para-hydroxylation sites is 1. The molecular weight excluding hydrogens is 250 g/mol. The second-order valence-electron chi connectivity index (χ2n) is 4.83. The Hall–Kier alpha value is -1.81. The molecule has 0 radical (unpaired) electrons. The van der Waals surface area contributed by atoms with E-state index in [1.807, 2.05) is 37.6 Å². The highest BCUT2D eigenvalue weighted by atomic mass is 16.5. The van der Waals surface area contributed by atoms with E-state index in [4.69, 9.17) is 4.74 Å². The summed E-state index contributed by atoms with van der Waals surface area (Å²) in [6.45, 7) is 3.03. The van der Waals surface area contributed by atoms with Crippen LogP contribution in [0.4, 0.5) is 0 Å². The Morgan fingerprint density at radius 1 is 1.35 bits per heavy atom. The highest BCUT2D eigenvalue weighted by molar-refractivity contribution is 5.35. The topological polar surface area (TPSA) is 39.1 Å². The zero-order chi connectivity index (χ0) is 14.4. The molecule has 2 rings (SSSR count). The number of nitrogens with one attached hydrogen (secondary N) is 1. The van der Waals surface area contributed by atoms with E-state index >= 15 is 0 Å². The second-order valence-corrected chi connectivity index (χ2v) is 4.83. The van der Waals surface area contributed by atoms with E-state index in [-0.39, 0.29) is 6.04 Å². The molecule has 1 heterocycles. The van der Waals surface area contributed by atoms with Crippen molar-refractivity contribution >= 4 is 0 Å². The second kappa shape index (κ2) is 7.10. The molecule has 0 aliphatic carbocycles. The summed E-state index contributed by atoms with van der Waals surface area (Å²) in [5.41, 5.74) is 1.17. The minimum Gasteiger partial charge on any atom is -0.496 e. The lowest BCUT2D eigenvalue weighted by Gasteiger charge is -2.21. The summed E-state index contributed by atoms with van der Waals surface area (Å²) in [5.74, 6) is 2.06. The number of likely N-dealkylation sites (N-methyl/N-ethyl adjacent to an activating group) is 1. The van der Waals surface area contributed by atoms with Crippen LogP contribution in [-0.2, 0) is 13.0 Å². The fourth-order valence-electron chi connectivity index (χ4n) is 2.45. The first kappa shape index (κ1) is 14.6. The van der Waals surface area contributed by atoms with Crippen molar-refractivity contribution in [1.29, 1.82) is 0 Å². The molecule has 1 atom stereocenters. The van der Waals surface area contributed by atoms with Gasteiger partial charge in [0.15, 0.2) is 0 Å². The third-order valence-electron chi connectivity index (χ3n) is 3.52. The number of benzene rings is 1. The van der Waals surface area contributed by atoms with Crippen LogP contribution in [0.2, 0.25) is 0 Å². The predicted octanol–water partition coefficient (Wildman–Crippen LogP) is 2.80. The minimum absolute atomic E-state index is 0.205. The van der Waals surface area contributed by atoms with Gasteiger partial charge in [0.05, 0.1) is 13.2 Å². The number of imidazole rings is 1. The van der Waals surface area contributed by atoms with E-state index in [0.29, 0.717) is 0 Å². The van der Waals surface area contributed by atoms with Gasteiger partial charge in [0.1, 0.15) is 11.6 Å². The van der Waals surface area contributed by atoms with E-state index in [2.05, 4.69) is 27.9 Å². The molecule has 0 spiro atoms. The Kier molecular flexibility index (Phi) is 5.18. The van der Waals surface area contributed by atoms with Crippen molar-refractivity contribution in [2.75, 3.05) is 14.2 Å². The van der Waals surface area contributed by atoms with Crippen molar-refractivity contribution in [2.45, 2.75) is 32.4 Å². The summed E-state index contributed by atoms with van der Waals surface area (Å²) >= 11 is 0. The maximum Gasteiger partial charge on any atom is 0.123 e. The predicted molar refractivity (Wildman–Crippen MR) is 81.0 cm³/mol. The van der Waals surface area contributed by atoms with Gasteiger partial charge >= 0.3 is 0 Å². The number of methoxy groups -OCH3 is 1. The van der Waals surface area contributed by atoms with E-state index in [0.717, 1.165) is 31.0 Å². The van der Waals surface area contributed by atoms with Crippen LogP contribution in [-0.4, -0.2) is 23.7 Å². The average Bonchev–Trinajstić information content (AvgIpc) is 2.92. The van der Waals surface area contributed by atoms with Gasteiger partial charge in [-0.05, 0) is 19.5 Å². The maximum absolute atomic E-state index is 5.46. The van der Waals surface area contributed by atoms with Crippen molar-refractivity contribution in [1.82, 2.24) is 14.9 Å². The molecule has 4 nitrogen and oxygen atoms in total. The van der Waals surface area contributed by atoms with Gasteiger partial charge in [0, 0.05) is 30.9 Å². The summed E-state index contributed by atoms with van der Waals surface area (Å²) < 4.78 is 7.68. The van der Waals surface area contributed by atoms with Crippen LogP contribution in [0.1, 0.15) is 30.8 Å². The zero-order valence-corrected chi connectivity index (χ0v) is 12.5. The molecule has 1 unspecified atom stereocenters. The summed E-state index contributed by atoms with van der Waals surface area (Å²) in [5, 5.41) is 3.37. The number of hydrogen-bond acceptors (Lipinski definition) is 3. The minimum atomic E-state index is 0.205. The van der Waals surface area contributed by atoms with Crippen molar-refractivity contribution in [3.63, 3.8) is 0 Å². The first-order chi connectivity index (χ1) is 9.80. The smallest absolute Gasteiger partial charge is 0.123 e. The number of hydrogen-bond donors (Lipinski definition) is 1. The lowest BCUT2D eigenvalue weighted by Crippen LogP contribution is -2.23. The molecule has 0 amide bonds. The van der Waals surface area contributed by atoms with Gasteiger partial charge < -0.3 is 14.6 Å². The van der Waals surface area contributed by atoms with Crippen molar-refractivity contribution in [2.24, 2.45) is 0 Å². The van der Waals surface area contributed by atoms with Crippen LogP contribution in [0.3, 0.4) is 0 Å². The third-order valence-corrected chi connectivity index (χ3v) is 3.52. The van der Waals surface area contributed by atoms with Crippen LogP contribution in [0.15, 0.2) is 36.7 Å². The molecule has 4 heteroatoms. The molecule has 1 aromatic heterocycles. The van der Waals surface area contributed by atoms with Gasteiger partial charge in [-0.3, -0.25) is 0 Å². The molecule has 0 aliphatic rings. The van der Waals surface area contributed by atoms with E-state index in [1.165, 1.54) is 5.56 Å². The molecule has 1 aromatic carbocycles. The van der Waals surface area contributed by atoms with E-state index in [9.17, 15) is 0 Å². The van der Waals surface area contributed by atoms with Gasteiger partial charge in [0.25, 0.3) is 0 Å². The Morgan fingerprint density at radius 3 is 2.85 bits per heavy atom.